The van der Waals surface area contributed by atoms with Crippen LogP contribution in [0.2, 0.25) is 0 Å². The van der Waals surface area contributed by atoms with Crippen LogP contribution in [0.5, 0.6) is 5.75 Å². The van der Waals surface area contributed by atoms with Gasteiger partial charge in [0.05, 0.1) is 12.4 Å². The number of benzene rings is 1. The molecule has 9 heteroatoms. The second-order valence-electron chi connectivity index (χ2n) is 9.73. The van der Waals surface area contributed by atoms with Gasteiger partial charge < -0.3 is 20.5 Å². The van der Waals surface area contributed by atoms with E-state index in [-0.39, 0.29) is 35.0 Å². The topological polar surface area (TPSA) is 122 Å². The third-order valence-electron chi connectivity index (χ3n) is 6.92. The molecule has 34 heavy (non-hydrogen) atoms. The van der Waals surface area contributed by atoms with Crippen molar-refractivity contribution < 1.29 is 29.0 Å². The van der Waals surface area contributed by atoms with Crippen LogP contribution in [-0.4, -0.2) is 51.9 Å². The average molecular weight is 491 g/mol. The fourth-order valence-corrected chi connectivity index (χ4v) is 6.07. The Labute approximate surface area is 204 Å². The van der Waals surface area contributed by atoms with E-state index in [0.29, 0.717) is 12.3 Å². The molecule has 2 bridgehead atoms. The Morgan fingerprint density at radius 2 is 1.85 bits per heavy atom. The fourth-order valence-electron chi connectivity index (χ4n) is 5.27. The molecule has 3 rings (SSSR count). The second kappa shape index (κ2) is 10.8. The van der Waals surface area contributed by atoms with E-state index in [0.717, 1.165) is 36.6 Å². The SMILES string of the molecule is COC(=O)[C@H](Cc1ccc(O)cc1)NC(=O)C1(NC(=O)[C@@H](SC(C)=O)C(C)C)CC2CCC1C2. The molecule has 3 unspecified atom stereocenters. The van der Waals surface area contributed by atoms with Gasteiger partial charge in [0.25, 0.3) is 0 Å². The summed E-state index contributed by atoms with van der Waals surface area (Å²) >= 11 is 0.978. The predicted molar refractivity (Wildman–Crippen MR) is 129 cm³/mol. The zero-order valence-corrected chi connectivity index (χ0v) is 20.9. The van der Waals surface area contributed by atoms with Crippen LogP contribution < -0.4 is 10.6 Å². The van der Waals surface area contributed by atoms with Crippen LogP contribution in [0.25, 0.3) is 0 Å². The molecule has 1 aromatic rings. The summed E-state index contributed by atoms with van der Waals surface area (Å²) in [5.74, 6) is -0.979. The molecule has 5 atom stereocenters. The van der Waals surface area contributed by atoms with Gasteiger partial charge in [0.15, 0.2) is 5.12 Å². The molecule has 0 saturated heterocycles. The highest BCUT2D eigenvalue weighted by Gasteiger charge is 2.57. The number of hydrogen-bond donors (Lipinski definition) is 3. The van der Waals surface area contributed by atoms with E-state index in [1.54, 1.807) is 12.1 Å². The quantitative estimate of drug-likeness (QED) is 0.455. The number of phenolic OH excluding ortho intramolecular Hbond substituents is 1. The number of fused-ring (bicyclic) bond motifs is 2. The minimum absolute atomic E-state index is 0.0245. The monoisotopic (exact) mass is 490 g/mol. The third-order valence-corrected chi connectivity index (χ3v) is 8.27. The summed E-state index contributed by atoms with van der Waals surface area (Å²) in [6.45, 7) is 5.18. The van der Waals surface area contributed by atoms with Gasteiger partial charge in [0, 0.05) is 13.3 Å². The number of thioether (sulfide) groups is 1. The van der Waals surface area contributed by atoms with Crippen LogP contribution in [0.15, 0.2) is 24.3 Å². The molecule has 3 N–H and O–H groups in total. The van der Waals surface area contributed by atoms with Gasteiger partial charge in [-0.05, 0) is 61.1 Å². The molecule has 0 radical (unpaired) electrons. The Morgan fingerprint density at radius 3 is 2.35 bits per heavy atom. The van der Waals surface area contributed by atoms with Gasteiger partial charge in [-0.15, -0.1) is 0 Å². The molecule has 1 aromatic carbocycles. The summed E-state index contributed by atoms with van der Waals surface area (Å²) in [5.41, 5.74) is -0.372. The summed E-state index contributed by atoms with van der Waals surface area (Å²) in [7, 11) is 1.26. The lowest BCUT2D eigenvalue weighted by Crippen LogP contribution is -2.65. The Balaban J connectivity index is 1.83. The van der Waals surface area contributed by atoms with Crippen molar-refractivity contribution in [3.63, 3.8) is 0 Å². The van der Waals surface area contributed by atoms with Crippen LogP contribution in [0.1, 0.15) is 52.0 Å². The Hall–Kier alpha value is -2.55. The summed E-state index contributed by atoms with van der Waals surface area (Å²) in [6.07, 6.45) is 3.38. The minimum atomic E-state index is -1.12. The summed E-state index contributed by atoms with van der Waals surface area (Å²) < 4.78 is 4.93. The lowest BCUT2D eigenvalue weighted by atomic mass is 9.79. The maximum Gasteiger partial charge on any atom is 0.328 e. The molecule has 2 amide bonds. The number of ether oxygens (including phenoxy) is 1. The number of carbonyl (C=O) groups excluding carboxylic acids is 4. The molecule has 2 fully saturated rings. The minimum Gasteiger partial charge on any atom is -0.508 e. The molecule has 0 aliphatic heterocycles. The first-order chi connectivity index (χ1) is 16.1. The predicted octanol–water partition coefficient (Wildman–Crippen LogP) is 2.57. The van der Waals surface area contributed by atoms with Gasteiger partial charge in [-0.3, -0.25) is 14.4 Å². The highest BCUT2D eigenvalue weighted by molar-refractivity contribution is 8.14. The molecule has 0 spiro atoms. The largest absolute Gasteiger partial charge is 0.508 e. The van der Waals surface area contributed by atoms with Gasteiger partial charge >= 0.3 is 5.97 Å². The molecule has 8 nitrogen and oxygen atoms in total. The van der Waals surface area contributed by atoms with Crippen molar-refractivity contribution >= 4 is 34.7 Å². The van der Waals surface area contributed by atoms with Crippen molar-refractivity contribution in [2.45, 2.75) is 69.7 Å². The Morgan fingerprint density at radius 1 is 1.18 bits per heavy atom. The van der Waals surface area contributed by atoms with Crippen molar-refractivity contribution in [1.29, 1.82) is 0 Å². The number of aromatic hydroxyl groups is 1. The molecule has 2 aliphatic carbocycles. The smallest absolute Gasteiger partial charge is 0.328 e. The molecule has 0 aromatic heterocycles. The van der Waals surface area contributed by atoms with Gasteiger partial charge in [-0.25, -0.2) is 4.79 Å². The van der Waals surface area contributed by atoms with E-state index in [1.807, 2.05) is 13.8 Å². The number of hydrogen-bond acceptors (Lipinski definition) is 7. The molecule has 0 heterocycles. The maximum atomic E-state index is 13.7. The van der Waals surface area contributed by atoms with Crippen molar-refractivity contribution in [2.24, 2.45) is 17.8 Å². The van der Waals surface area contributed by atoms with Gasteiger partial charge in [0.2, 0.25) is 11.8 Å². The number of esters is 1. The first kappa shape index (κ1) is 26.1. The number of carbonyl (C=O) groups is 4. The summed E-state index contributed by atoms with van der Waals surface area (Å²) in [4.78, 5) is 51.3. The van der Waals surface area contributed by atoms with Crippen LogP contribution in [-0.2, 0) is 30.3 Å². The zero-order valence-electron chi connectivity index (χ0n) is 20.1. The zero-order chi connectivity index (χ0) is 25.0. The van der Waals surface area contributed by atoms with Gasteiger partial charge in [0.1, 0.15) is 17.3 Å². The molecule has 186 valence electrons. The number of rotatable bonds is 9. The summed E-state index contributed by atoms with van der Waals surface area (Å²) in [6, 6.07) is 5.45. The van der Waals surface area contributed by atoms with E-state index in [9.17, 15) is 24.3 Å². The van der Waals surface area contributed by atoms with E-state index in [2.05, 4.69) is 10.6 Å². The van der Waals surface area contributed by atoms with Crippen molar-refractivity contribution in [1.82, 2.24) is 10.6 Å². The molecular formula is C25H34N2O6S. The van der Waals surface area contributed by atoms with Crippen LogP contribution >= 0.6 is 11.8 Å². The molecule has 2 aliphatic rings. The van der Waals surface area contributed by atoms with Crippen LogP contribution in [0.3, 0.4) is 0 Å². The lowest BCUT2D eigenvalue weighted by molar-refractivity contribution is -0.146. The number of amides is 2. The van der Waals surface area contributed by atoms with Crippen LogP contribution in [0, 0.1) is 17.8 Å². The first-order valence-electron chi connectivity index (χ1n) is 11.7. The van der Waals surface area contributed by atoms with E-state index < -0.39 is 28.7 Å². The third kappa shape index (κ3) is 5.74. The lowest BCUT2D eigenvalue weighted by Gasteiger charge is -2.39. The van der Waals surface area contributed by atoms with Gasteiger partial charge in [-0.2, -0.15) is 0 Å². The highest BCUT2D eigenvalue weighted by atomic mass is 32.2. The van der Waals surface area contributed by atoms with Gasteiger partial charge in [-0.1, -0.05) is 37.7 Å². The average Bonchev–Trinajstić information content (AvgIpc) is 3.39. The Bertz CT molecular complexity index is 934. The highest BCUT2D eigenvalue weighted by Crippen LogP contribution is 2.51. The summed E-state index contributed by atoms with van der Waals surface area (Å²) in [5, 5.41) is 14.7. The van der Waals surface area contributed by atoms with E-state index >= 15 is 0 Å². The normalized spacial score (nSPS) is 25.0. The number of phenols is 1. The number of methoxy groups -OCH3 is 1. The van der Waals surface area contributed by atoms with Crippen molar-refractivity contribution in [3.05, 3.63) is 29.8 Å². The van der Waals surface area contributed by atoms with Crippen molar-refractivity contribution in [3.8, 4) is 5.75 Å². The van der Waals surface area contributed by atoms with E-state index in [4.69, 9.17) is 4.74 Å². The number of nitrogens with one attached hydrogen (secondary N) is 2. The van der Waals surface area contributed by atoms with E-state index in [1.165, 1.54) is 26.2 Å². The molecule has 2 saturated carbocycles. The van der Waals surface area contributed by atoms with Crippen molar-refractivity contribution in [2.75, 3.05) is 7.11 Å². The Kier molecular flexibility index (Phi) is 8.28. The van der Waals surface area contributed by atoms with Crippen LogP contribution in [0.4, 0.5) is 0 Å². The standard InChI is InChI=1S/C25H34N2O6S/c1-14(2)21(34-15(3)28)22(30)27-25(13-17-5-8-18(25)11-17)24(32)26-20(23(31)33-4)12-16-6-9-19(29)10-7-16/h6-7,9-10,14,17-18,20-21,29H,5,8,11-13H2,1-4H3,(H,26,32)(H,27,30)/t17?,18?,20-,21-,25?/m0/s1. The maximum absolute atomic E-state index is 13.7. The second-order valence-corrected chi connectivity index (χ2v) is 11.1. The first-order valence-corrected chi connectivity index (χ1v) is 12.6. The fraction of sp³-hybridized carbons (Fsp3) is 0.600. The molecular weight excluding hydrogens is 456 g/mol.